The number of aromatic nitrogens is 2. The Hall–Kier alpha value is -0.720. The summed E-state index contributed by atoms with van der Waals surface area (Å²) in [7, 11) is 0. The summed E-state index contributed by atoms with van der Waals surface area (Å²) in [6, 6.07) is 0. The van der Waals surface area contributed by atoms with Crippen LogP contribution in [0.3, 0.4) is 0 Å². The Labute approximate surface area is 143 Å². The van der Waals surface area contributed by atoms with Crippen LogP contribution in [0.25, 0.3) is 0 Å². The van der Waals surface area contributed by atoms with Crippen LogP contribution >= 0.6 is 11.8 Å². The van der Waals surface area contributed by atoms with Crippen LogP contribution < -0.4 is 22.9 Å². The number of aromatic hydroxyl groups is 1. The molecule has 0 saturated heterocycles. The Morgan fingerprint density at radius 1 is 1.14 bits per heavy atom. The topological polar surface area (TPSA) is 70.4 Å². The summed E-state index contributed by atoms with van der Waals surface area (Å²) in [6.45, 7) is 9.78. The second-order valence-corrected chi connectivity index (χ2v) is 6.36. The zero-order chi connectivity index (χ0) is 15.7. The van der Waals surface area contributed by atoms with Crippen molar-refractivity contribution in [1.82, 2.24) is 9.97 Å². The van der Waals surface area contributed by atoms with Crippen molar-refractivity contribution in [2.75, 3.05) is 25.4 Å². The Morgan fingerprint density at radius 2 is 1.77 bits per heavy atom. The van der Waals surface area contributed by atoms with Gasteiger partial charge in [0.2, 0.25) is 5.88 Å². The third-order valence-electron chi connectivity index (χ3n) is 3.37. The Morgan fingerprint density at radius 3 is 2.27 bits per heavy atom. The Balaban J connectivity index is 0.00000441. The molecule has 0 aliphatic carbocycles. The molecule has 0 radical (unpaired) electrons. The van der Waals surface area contributed by atoms with Gasteiger partial charge in [0.05, 0.1) is 31.0 Å². The first kappa shape index (κ1) is 21.3. The molecule has 0 bridgehead atoms. The summed E-state index contributed by atoms with van der Waals surface area (Å²) in [5.41, 5.74) is 0.184. The molecule has 0 amide bonds. The largest absolute Gasteiger partial charge is 1.00 e. The monoisotopic (exact) mass is 349 g/mol. The third-order valence-corrected chi connectivity index (χ3v) is 4.25. The molecular formula is C15H28ClN3O2S. The predicted octanol–water partition coefficient (Wildman–Crippen LogP) is -1.77. The molecule has 0 saturated carbocycles. The van der Waals surface area contributed by atoms with Gasteiger partial charge in [-0.2, -0.15) is 4.98 Å². The Kier molecular flexibility index (Phi) is 11.4. The molecule has 22 heavy (non-hydrogen) atoms. The van der Waals surface area contributed by atoms with Crippen molar-refractivity contribution >= 4 is 11.8 Å². The number of hydrogen-bond acceptors (Lipinski definition) is 4. The zero-order valence-corrected chi connectivity index (χ0v) is 15.3. The molecule has 3 N–H and O–H groups in total. The normalized spacial score (nSPS) is 10.7. The maximum absolute atomic E-state index is 11.9. The molecule has 7 heteroatoms. The van der Waals surface area contributed by atoms with E-state index >= 15 is 0 Å². The maximum atomic E-state index is 11.9. The first-order chi connectivity index (χ1) is 10.1. The van der Waals surface area contributed by atoms with E-state index in [0.717, 1.165) is 18.7 Å². The van der Waals surface area contributed by atoms with Crippen LogP contribution in [0.5, 0.6) is 5.88 Å². The van der Waals surface area contributed by atoms with Gasteiger partial charge >= 0.3 is 0 Å². The maximum Gasteiger partial charge on any atom is 0.258 e. The van der Waals surface area contributed by atoms with Crippen LogP contribution in [0.1, 0.15) is 45.6 Å². The standard InChI is InChI=1S/C15H27N3O2S.ClH/c1-4-7-12-13(19)16-15(17-14(12)20)21-11-10-18(8-5-2)9-6-3;/h4-11H2,1-3H3,(H2,16,17,19,20);1H. The third kappa shape index (κ3) is 7.03. The van der Waals surface area contributed by atoms with Crippen LogP contribution in [-0.2, 0) is 6.42 Å². The lowest BCUT2D eigenvalue weighted by atomic mass is 10.2. The van der Waals surface area contributed by atoms with Gasteiger partial charge in [-0.15, -0.1) is 0 Å². The number of H-pyrrole nitrogens is 1. The molecule has 1 heterocycles. The van der Waals surface area contributed by atoms with Crippen molar-refractivity contribution in [1.29, 1.82) is 0 Å². The minimum atomic E-state index is -0.210. The predicted molar refractivity (Wildman–Crippen MR) is 87.4 cm³/mol. The quantitative estimate of drug-likeness (QED) is 0.345. The molecule has 0 fully saturated rings. The minimum Gasteiger partial charge on any atom is -1.00 e. The molecule has 0 spiro atoms. The second kappa shape index (κ2) is 11.8. The molecular weight excluding hydrogens is 322 g/mol. The molecule has 0 aliphatic rings. The van der Waals surface area contributed by atoms with Crippen molar-refractivity contribution in [3.63, 3.8) is 0 Å². The van der Waals surface area contributed by atoms with Crippen LogP contribution in [0, 0.1) is 0 Å². The number of hydrogen-bond donors (Lipinski definition) is 3. The fourth-order valence-electron chi connectivity index (χ4n) is 2.38. The second-order valence-electron chi connectivity index (χ2n) is 5.27. The van der Waals surface area contributed by atoms with Gasteiger partial charge in [0.25, 0.3) is 5.56 Å². The SMILES string of the molecule is CCCc1c(O)nc(SCC[NH+](CCC)CCC)[nH]c1=O.[Cl-]. The highest BCUT2D eigenvalue weighted by atomic mass is 35.5. The highest BCUT2D eigenvalue weighted by Gasteiger charge is 2.11. The summed E-state index contributed by atoms with van der Waals surface area (Å²) in [5, 5.41) is 10.3. The first-order valence-electron chi connectivity index (χ1n) is 7.90. The number of rotatable bonds is 10. The average molecular weight is 350 g/mol. The van der Waals surface area contributed by atoms with Gasteiger partial charge in [-0.3, -0.25) is 4.79 Å². The number of nitrogens with one attached hydrogen (secondary N) is 2. The minimum absolute atomic E-state index is 0. The molecule has 1 rings (SSSR count). The smallest absolute Gasteiger partial charge is 0.258 e. The summed E-state index contributed by atoms with van der Waals surface area (Å²) in [5.74, 6) is 0.777. The van der Waals surface area contributed by atoms with Gasteiger partial charge in [0.1, 0.15) is 0 Å². The van der Waals surface area contributed by atoms with Crippen LogP contribution in [-0.4, -0.2) is 40.5 Å². The van der Waals surface area contributed by atoms with Gasteiger partial charge < -0.3 is 27.4 Å². The van der Waals surface area contributed by atoms with Crippen molar-refractivity contribution in [2.24, 2.45) is 0 Å². The molecule has 0 atom stereocenters. The van der Waals surface area contributed by atoms with Crippen LogP contribution in [0.2, 0.25) is 0 Å². The van der Waals surface area contributed by atoms with Gasteiger partial charge in [-0.05, 0) is 19.3 Å². The molecule has 1 aromatic rings. The van der Waals surface area contributed by atoms with Crippen molar-refractivity contribution < 1.29 is 22.4 Å². The van der Waals surface area contributed by atoms with E-state index in [-0.39, 0.29) is 23.8 Å². The van der Waals surface area contributed by atoms with Crippen molar-refractivity contribution in [3.8, 4) is 5.88 Å². The number of halogens is 1. The number of aromatic amines is 1. The van der Waals surface area contributed by atoms with E-state index in [1.807, 2.05) is 6.92 Å². The fourth-order valence-corrected chi connectivity index (χ4v) is 3.28. The van der Waals surface area contributed by atoms with Gasteiger partial charge in [0.15, 0.2) is 5.16 Å². The Bertz CT molecular complexity index is 476. The molecule has 0 aliphatic heterocycles. The fraction of sp³-hybridized carbons (Fsp3) is 0.733. The van der Waals surface area contributed by atoms with E-state index in [1.165, 1.54) is 37.7 Å². The van der Waals surface area contributed by atoms with E-state index < -0.39 is 0 Å². The molecule has 128 valence electrons. The summed E-state index contributed by atoms with van der Waals surface area (Å²) in [4.78, 5) is 20.3. The molecule has 0 aromatic carbocycles. The number of nitrogens with zero attached hydrogens (tertiary/aromatic N) is 1. The van der Waals surface area contributed by atoms with Crippen molar-refractivity contribution in [3.05, 3.63) is 15.9 Å². The lowest BCUT2D eigenvalue weighted by Crippen LogP contribution is -3.12. The summed E-state index contributed by atoms with van der Waals surface area (Å²) < 4.78 is 0. The molecule has 1 aromatic heterocycles. The zero-order valence-electron chi connectivity index (χ0n) is 13.7. The van der Waals surface area contributed by atoms with E-state index in [2.05, 4.69) is 23.8 Å². The van der Waals surface area contributed by atoms with Gasteiger partial charge in [0, 0.05) is 0 Å². The summed E-state index contributed by atoms with van der Waals surface area (Å²) >= 11 is 1.51. The molecule has 5 nitrogen and oxygen atoms in total. The van der Waals surface area contributed by atoms with E-state index in [1.54, 1.807) is 4.90 Å². The highest BCUT2D eigenvalue weighted by Crippen LogP contribution is 2.16. The lowest BCUT2D eigenvalue weighted by Gasteiger charge is -2.17. The van der Waals surface area contributed by atoms with Gasteiger partial charge in [-0.1, -0.05) is 39.0 Å². The summed E-state index contributed by atoms with van der Waals surface area (Å²) in [6.07, 6.45) is 3.74. The highest BCUT2D eigenvalue weighted by molar-refractivity contribution is 7.99. The van der Waals surface area contributed by atoms with E-state index in [0.29, 0.717) is 17.1 Å². The lowest BCUT2D eigenvalue weighted by molar-refractivity contribution is -0.897. The number of thioether (sulfide) groups is 1. The van der Waals surface area contributed by atoms with E-state index in [4.69, 9.17) is 0 Å². The number of quaternary nitrogens is 1. The average Bonchev–Trinajstić information content (AvgIpc) is 2.43. The van der Waals surface area contributed by atoms with Gasteiger partial charge in [-0.25, -0.2) is 0 Å². The van der Waals surface area contributed by atoms with Crippen LogP contribution in [0.4, 0.5) is 0 Å². The first-order valence-corrected chi connectivity index (χ1v) is 8.89. The van der Waals surface area contributed by atoms with Crippen molar-refractivity contribution in [2.45, 2.75) is 51.6 Å². The van der Waals surface area contributed by atoms with Crippen LogP contribution in [0.15, 0.2) is 9.95 Å². The van der Waals surface area contributed by atoms with E-state index in [9.17, 15) is 9.90 Å². The molecule has 0 unspecified atom stereocenters.